The number of benzene rings is 2. The minimum atomic E-state index is -0.693. The van der Waals surface area contributed by atoms with Crippen molar-refractivity contribution in [3.05, 3.63) is 72.9 Å². The summed E-state index contributed by atoms with van der Waals surface area (Å²) in [6.07, 6.45) is 9.03. The van der Waals surface area contributed by atoms with Crippen molar-refractivity contribution in [1.29, 1.82) is 0 Å². The molecule has 1 aromatic heterocycles. The number of fused-ring (bicyclic) bond motifs is 1. The van der Waals surface area contributed by atoms with E-state index in [1.54, 1.807) is 18.3 Å². The Hall–Kier alpha value is -5.51. The second-order valence-electron chi connectivity index (χ2n) is 16.5. The van der Waals surface area contributed by atoms with Crippen LogP contribution >= 0.6 is 11.8 Å². The van der Waals surface area contributed by atoms with Crippen LogP contribution in [0.15, 0.2) is 67.4 Å². The van der Waals surface area contributed by atoms with Crippen molar-refractivity contribution >= 4 is 64.3 Å². The number of aryl methyl sites for hydroxylation is 1. The van der Waals surface area contributed by atoms with Crippen LogP contribution in [0, 0.1) is 6.92 Å². The van der Waals surface area contributed by atoms with E-state index >= 15 is 0 Å². The molecule has 20 heteroatoms. The molecule has 0 radical (unpaired) electrons. The van der Waals surface area contributed by atoms with Gasteiger partial charge in [0.1, 0.15) is 17.8 Å². The molecular formula is C48H70N10O9S. The van der Waals surface area contributed by atoms with Crippen LogP contribution in [0.25, 0.3) is 0 Å². The SMILES string of the molecule is C=CC(=O)Nc1cccc(Nc2nc(Nc3cccc(OCCCNC(=O)CCCC(O)NCCCOCCOCCOCCCNC(=O)CCCC[C@H]4SC[C@H]5NC(=O)N[C@H]54)c3)ncc2C)c1. The van der Waals surface area contributed by atoms with Crippen LogP contribution < -0.4 is 47.3 Å². The summed E-state index contributed by atoms with van der Waals surface area (Å²) in [6.45, 7) is 10.4. The zero-order valence-electron chi connectivity index (χ0n) is 39.2. The van der Waals surface area contributed by atoms with E-state index in [4.69, 9.17) is 18.9 Å². The molecule has 4 atom stereocenters. The predicted octanol–water partition coefficient (Wildman–Crippen LogP) is 5.03. The quantitative estimate of drug-likeness (QED) is 0.0162. The minimum Gasteiger partial charge on any atom is -0.493 e. The van der Waals surface area contributed by atoms with Gasteiger partial charge in [-0.2, -0.15) is 16.7 Å². The highest BCUT2D eigenvalue weighted by Crippen LogP contribution is 2.33. The molecule has 2 aromatic carbocycles. The molecule has 2 fully saturated rings. The average molecular weight is 963 g/mol. The van der Waals surface area contributed by atoms with Gasteiger partial charge in [0.2, 0.25) is 23.7 Å². The zero-order chi connectivity index (χ0) is 48.2. The van der Waals surface area contributed by atoms with Gasteiger partial charge in [-0.25, -0.2) is 9.78 Å². The predicted molar refractivity (Wildman–Crippen MR) is 265 cm³/mol. The molecule has 5 amide bonds. The number of hydrogen-bond donors (Lipinski definition) is 9. The lowest BCUT2D eigenvalue weighted by atomic mass is 10.0. The summed E-state index contributed by atoms with van der Waals surface area (Å²) in [4.78, 5) is 56.7. The summed E-state index contributed by atoms with van der Waals surface area (Å²) in [6, 6.07) is 15.1. The highest BCUT2D eigenvalue weighted by molar-refractivity contribution is 8.00. The van der Waals surface area contributed by atoms with Crippen LogP contribution in [0.2, 0.25) is 0 Å². The number of nitrogens with zero attached hydrogens (tertiary/aromatic N) is 2. The summed E-state index contributed by atoms with van der Waals surface area (Å²) >= 11 is 1.90. The van der Waals surface area contributed by atoms with E-state index in [1.807, 2.05) is 55.1 Å². The molecule has 0 bridgehead atoms. The van der Waals surface area contributed by atoms with Gasteiger partial charge in [-0.05, 0) is 94.8 Å². The van der Waals surface area contributed by atoms with Crippen LogP contribution in [-0.2, 0) is 28.6 Å². The van der Waals surface area contributed by atoms with Gasteiger partial charge in [0.25, 0.3) is 0 Å². The number of rotatable bonds is 35. The highest BCUT2D eigenvalue weighted by Gasteiger charge is 2.42. The first-order valence-corrected chi connectivity index (χ1v) is 24.7. The van der Waals surface area contributed by atoms with Gasteiger partial charge in [0.15, 0.2) is 0 Å². The average Bonchev–Trinajstić information content (AvgIpc) is 3.89. The number of aliphatic hydroxyl groups is 1. The number of aliphatic hydroxyl groups excluding tert-OH is 1. The second kappa shape index (κ2) is 30.8. The van der Waals surface area contributed by atoms with Crippen LogP contribution in [0.5, 0.6) is 5.75 Å². The molecule has 9 N–H and O–H groups in total. The summed E-state index contributed by atoms with van der Waals surface area (Å²) in [7, 11) is 0. The lowest BCUT2D eigenvalue weighted by molar-refractivity contribution is -0.122. The lowest BCUT2D eigenvalue weighted by Gasteiger charge is -2.16. The number of amides is 5. The normalized spacial score (nSPS) is 16.5. The Morgan fingerprint density at radius 3 is 2.24 bits per heavy atom. The fraction of sp³-hybridized carbons (Fsp3) is 0.542. The summed E-state index contributed by atoms with van der Waals surface area (Å²) in [5.41, 5.74) is 2.96. The van der Waals surface area contributed by atoms with Crippen LogP contribution in [0.3, 0.4) is 0 Å². The lowest BCUT2D eigenvalue weighted by Crippen LogP contribution is -2.36. The third-order valence-electron chi connectivity index (χ3n) is 10.9. The van der Waals surface area contributed by atoms with Crippen LogP contribution in [0.4, 0.5) is 33.6 Å². The maximum atomic E-state index is 12.3. The Bertz CT molecular complexity index is 2030. The van der Waals surface area contributed by atoms with Gasteiger partial charge in [0, 0.05) is 85.0 Å². The van der Waals surface area contributed by atoms with Crippen LogP contribution in [-0.4, -0.2) is 134 Å². The third kappa shape index (κ3) is 20.8. The first-order chi connectivity index (χ1) is 33.1. The molecule has 3 heterocycles. The second-order valence-corrected chi connectivity index (χ2v) is 17.7. The van der Waals surface area contributed by atoms with Crippen molar-refractivity contribution in [1.82, 2.24) is 36.6 Å². The van der Waals surface area contributed by atoms with Gasteiger partial charge in [-0.3, -0.25) is 19.7 Å². The number of nitrogens with one attached hydrogen (secondary N) is 8. The molecule has 1 unspecified atom stereocenters. The number of urea groups is 1. The van der Waals surface area contributed by atoms with Crippen molar-refractivity contribution < 1.29 is 43.2 Å². The molecule has 2 aliphatic rings. The van der Waals surface area contributed by atoms with Crippen molar-refractivity contribution in [2.24, 2.45) is 0 Å². The first kappa shape index (κ1) is 53.4. The largest absolute Gasteiger partial charge is 0.493 e. The summed E-state index contributed by atoms with van der Waals surface area (Å²) in [5, 5.41) is 34.8. The molecule has 372 valence electrons. The van der Waals surface area contributed by atoms with Gasteiger partial charge in [-0.15, -0.1) is 0 Å². The third-order valence-corrected chi connectivity index (χ3v) is 12.4. The molecule has 0 saturated carbocycles. The number of aromatic nitrogens is 2. The molecule has 0 aliphatic carbocycles. The maximum Gasteiger partial charge on any atom is 0.315 e. The topological polar surface area (TPSA) is 247 Å². The Labute approximate surface area is 403 Å². The van der Waals surface area contributed by atoms with Crippen molar-refractivity contribution in [3.8, 4) is 5.75 Å². The number of hydrogen-bond acceptors (Lipinski definition) is 15. The van der Waals surface area contributed by atoms with E-state index in [0.29, 0.717) is 126 Å². The van der Waals surface area contributed by atoms with E-state index in [2.05, 4.69) is 59.1 Å². The molecule has 0 spiro atoms. The van der Waals surface area contributed by atoms with E-state index < -0.39 is 6.23 Å². The van der Waals surface area contributed by atoms with Crippen molar-refractivity contribution in [2.75, 3.05) is 87.6 Å². The molecule has 2 saturated heterocycles. The van der Waals surface area contributed by atoms with E-state index in [0.717, 1.165) is 54.8 Å². The number of thioether (sulfide) groups is 1. The Morgan fingerprint density at radius 1 is 0.824 bits per heavy atom. The number of ether oxygens (including phenoxy) is 4. The molecule has 5 rings (SSSR count). The van der Waals surface area contributed by atoms with E-state index in [1.165, 1.54) is 6.08 Å². The van der Waals surface area contributed by atoms with Gasteiger partial charge < -0.3 is 61.3 Å². The van der Waals surface area contributed by atoms with E-state index in [-0.39, 0.29) is 35.8 Å². The number of carbonyl (C=O) groups excluding carboxylic acids is 4. The fourth-order valence-corrected chi connectivity index (χ4v) is 8.86. The minimum absolute atomic E-state index is 0.0651. The Balaban J connectivity index is 0.775. The first-order valence-electron chi connectivity index (χ1n) is 23.7. The van der Waals surface area contributed by atoms with Gasteiger partial charge >= 0.3 is 6.03 Å². The monoisotopic (exact) mass is 963 g/mol. The molecule has 2 aliphatic heterocycles. The highest BCUT2D eigenvalue weighted by atomic mass is 32.2. The summed E-state index contributed by atoms with van der Waals surface area (Å²) < 4.78 is 22.7. The molecule has 3 aromatic rings. The Morgan fingerprint density at radius 2 is 1.49 bits per heavy atom. The number of anilines is 5. The van der Waals surface area contributed by atoms with E-state index in [9.17, 15) is 24.3 Å². The van der Waals surface area contributed by atoms with Gasteiger partial charge in [0.05, 0.1) is 45.1 Å². The Kier molecular flexibility index (Phi) is 24.2. The molecule has 19 nitrogen and oxygen atoms in total. The van der Waals surface area contributed by atoms with Crippen LogP contribution in [0.1, 0.15) is 69.8 Å². The molecular weight excluding hydrogens is 893 g/mol. The number of unbranched alkanes of at least 4 members (excludes halogenated alkanes) is 1. The standard InChI is InChI=1S/C48H70N10O9S/c1-3-41(59)53-35-12-6-13-36(30-35)54-46-34(2)32-52-47(58-46)55-37-14-7-15-38(31-37)67-25-11-22-51-44(62)19-8-18-43(61)50-21-10-24-65-27-29-66-28-26-64-23-9-20-49-42(60)17-5-4-16-40-45-39(33-68-40)56-48(63)57-45/h3,6-7,12-15,30-32,39-40,43,45,50,61H,1,4-5,8-11,16-29,33H2,2H3,(H,49,60)(H,51,62)(H,53,59)(H2,56,57,63)(H2,52,54,55,58)/t39-,40-,43?,45-/m1/s1. The fourth-order valence-electron chi connectivity index (χ4n) is 7.31. The summed E-state index contributed by atoms with van der Waals surface area (Å²) in [5.74, 6) is 2.32. The molecule has 68 heavy (non-hydrogen) atoms. The zero-order valence-corrected chi connectivity index (χ0v) is 40.0. The van der Waals surface area contributed by atoms with Crippen molar-refractivity contribution in [3.63, 3.8) is 0 Å². The van der Waals surface area contributed by atoms with Crippen molar-refractivity contribution in [2.45, 2.75) is 94.7 Å². The maximum absolute atomic E-state index is 12.3. The van der Waals surface area contributed by atoms with Gasteiger partial charge in [-0.1, -0.05) is 25.1 Å². The smallest absolute Gasteiger partial charge is 0.315 e. The number of carbonyl (C=O) groups is 4.